The third kappa shape index (κ3) is 3.61. The summed E-state index contributed by atoms with van der Waals surface area (Å²) in [4.78, 5) is 28.7. The molecular weight excluding hydrogens is 332 g/mol. The Morgan fingerprint density at radius 1 is 1.31 bits per heavy atom. The van der Waals surface area contributed by atoms with Crippen LogP contribution in [0.4, 0.5) is 4.79 Å². The van der Waals surface area contributed by atoms with Crippen molar-refractivity contribution in [3.63, 3.8) is 0 Å². The Balaban J connectivity index is 1.78. The van der Waals surface area contributed by atoms with Gasteiger partial charge in [0, 0.05) is 43.6 Å². The van der Waals surface area contributed by atoms with E-state index >= 15 is 0 Å². The minimum atomic E-state index is -0.192. The Hall–Kier alpha value is -2.70. The average Bonchev–Trinajstić information content (AvgIpc) is 3.34. The van der Waals surface area contributed by atoms with Gasteiger partial charge in [-0.1, -0.05) is 6.92 Å². The number of aromatic nitrogens is 1. The van der Waals surface area contributed by atoms with Crippen LogP contribution in [0.3, 0.4) is 0 Å². The summed E-state index contributed by atoms with van der Waals surface area (Å²) in [5, 5.41) is 2.84. The molecule has 2 aromatic heterocycles. The summed E-state index contributed by atoms with van der Waals surface area (Å²) in [5.41, 5.74) is 2.00. The highest BCUT2D eigenvalue weighted by molar-refractivity contribution is 5.84. The molecule has 1 atom stereocenters. The third-order valence-electron chi connectivity index (χ3n) is 4.74. The third-order valence-corrected chi connectivity index (χ3v) is 4.74. The number of furan rings is 1. The molecule has 0 saturated carbocycles. The quantitative estimate of drug-likeness (QED) is 0.862. The number of rotatable bonds is 6. The molecule has 7 heteroatoms. The molecule has 0 spiro atoms. The number of likely N-dealkylation sites (N-methyl/N-ethyl adjacent to an activating group) is 1. The molecule has 0 aromatic carbocycles. The Morgan fingerprint density at radius 2 is 2.15 bits per heavy atom. The van der Waals surface area contributed by atoms with Gasteiger partial charge in [0.1, 0.15) is 12.6 Å². The number of carbonyl (C=O) groups excluding carboxylic acids is 2. The van der Waals surface area contributed by atoms with Gasteiger partial charge < -0.3 is 24.1 Å². The van der Waals surface area contributed by atoms with Gasteiger partial charge in [-0.05, 0) is 31.5 Å². The number of hydrogen-bond donors (Lipinski definition) is 1. The lowest BCUT2D eigenvalue weighted by Crippen LogP contribution is -2.49. The molecule has 140 valence electrons. The molecule has 0 radical (unpaired) electrons. The van der Waals surface area contributed by atoms with E-state index in [1.807, 2.05) is 43.1 Å². The van der Waals surface area contributed by atoms with Gasteiger partial charge in [0.05, 0.1) is 12.5 Å². The summed E-state index contributed by atoms with van der Waals surface area (Å²) in [6.07, 6.45) is 6.19. The number of nitrogens with zero attached hydrogens (tertiary/aromatic N) is 3. The first-order valence-electron chi connectivity index (χ1n) is 9.15. The molecule has 1 aliphatic heterocycles. The van der Waals surface area contributed by atoms with Crippen LogP contribution in [0.25, 0.3) is 0 Å². The van der Waals surface area contributed by atoms with E-state index in [0.29, 0.717) is 19.6 Å². The molecule has 3 amide bonds. The first-order valence-corrected chi connectivity index (χ1v) is 9.15. The molecule has 0 bridgehead atoms. The van der Waals surface area contributed by atoms with Gasteiger partial charge in [-0.15, -0.1) is 0 Å². The maximum Gasteiger partial charge on any atom is 0.317 e. The number of amides is 3. The van der Waals surface area contributed by atoms with Crippen LogP contribution < -0.4 is 5.32 Å². The lowest BCUT2D eigenvalue weighted by atomic mass is 10.0. The highest BCUT2D eigenvalue weighted by Gasteiger charge is 2.33. The van der Waals surface area contributed by atoms with Crippen molar-refractivity contribution in [2.24, 2.45) is 0 Å². The van der Waals surface area contributed by atoms with Crippen molar-refractivity contribution in [1.29, 1.82) is 0 Å². The summed E-state index contributed by atoms with van der Waals surface area (Å²) in [7, 11) is 0. The van der Waals surface area contributed by atoms with Gasteiger partial charge in [-0.2, -0.15) is 0 Å². The predicted octanol–water partition coefficient (Wildman–Crippen LogP) is 2.45. The fraction of sp³-hybridized carbons (Fsp3) is 0.474. The fourth-order valence-electron chi connectivity index (χ4n) is 3.36. The lowest BCUT2D eigenvalue weighted by molar-refractivity contribution is -0.134. The molecule has 1 aliphatic rings. The van der Waals surface area contributed by atoms with E-state index in [4.69, 9.17) is 4.42 Å². The van der Waals surface area contributed by atoms with E-state index in [9.17, 15) is 9.59 Å². The van der Waals surface area contributed by atoms with Crippen LogP contribution in [-0.4, -0.2) is 52.5 Å². The second-order valence-electron chi connectivity index (χ2n) is 6.42. The SMILES string of the molecule is CCCNC(=O)N(CC)CC(=O)N1CCn2cccc2C1c1ccoc1. The zero-order valence-corrected chi connectivity index (χ0v) is 15.4. The Labute approximate surface area is 153 Å². The van der Waals surface area contributed by atoms with Crippen molar-refractivity contribution in [2.75, 3.05) is 26.2 Å². The van der Waals surface area contributed by atoms with Gasteiger partial charge in [-0.25, -0.2) is 4.79 Å². The maximum atomic E-state index is 13.0. The zero-order valence-electron chi connectivity index (χ0n) is 15.4. The van der Waals surface area contributed by atoms with E-state index < -0.39 is 0 Å². The molecule has 0 fully saturated rings. The highest BCUT2D eigenvalue weighted by Crippen LogP contribution is 2.32. The maximum absolute atomic E-state index is 13.0. The number of hydrogen-bond acceptors (Lipinski definition) is 3. The summed E-state index contributed by atoms with van der Waals surface area (Å²) < 4.78 is 7.41. The largest absolute Gasteiger partial charge is 0.472 e. The molecular formula is C19H26N4O3. The first-order chi connectivity index (χ1) is 12.7. The van der Waals surface area contributed by atoms with Gasteiger partial charge in [0.2, 0.25) is 5.91 Å². The van der Waals surface area contributed by atoms with Gasteiger partial charge in [-0.3, -0.25) is 4.79 Å². The van der Waals surface area contributed by atoms with Crippen LogP contribution in [0.5, 0.6) is 0 Å². The van der Waals surface area contributed by atoms with Crippen molar-refractivity contribution in [3.05, 3.63) is 48.2 Å². The van der Waals surface area contributed by atoms with E-state index in [0.717, 1.165) is 24.2 Å². The van der Waals surface area contributed by atoms with Crippen LogP contribution in [-0.2, 0) is 11.3 Å². The number of nitrogens with one attached hydrogen (secondary N) is 1. The second-order valence-corrected chi connectivity index (χ2v) is 6.42. The smallest absolute Gasteiger partial charge is 0.317 e. The number of fused-ring (bicyclic) bond motifs is 1. The molecule has 1 unspecified atom stereocenters. The minimum Gasteiger partial charge on any atom is -0.472 e. The van der Waals surface area contributed by atoms with Gasteiger partial charge >= 0.3 is 6.03 Å². The number of urea groups is 1. The van der Waals surface area contributed by atoms with E-state index in [2.05, 4.69) is 9.88 Å². The molecule has 0 saturated heterocycles. The molecule has 3 heterocycles. The van der Waals surface area contributed by atoms with Crippen molar-refractivity contribution < 1.29 is 14.0 Å². The van der Waals surface area contributed by atoms with Crippen LogP contribution in [0.2, 0.25) is 0 Å². The topological polar surface area (TPSA) is 70.7 Å². The number of carbonyl (C=O) groups is 2. The monoisotopic (exact) mass is 358 g/mol. The van der Waals surface area contributed by atoms with Crippen LogP contribution in [0.1, 0.15) is 37.6 Å². The van der Waals surface area contributed by atoms with Crippen LogP contribution in [0.15, 0.2) is 41.3 Å². The van der Waals surface area contributed by atoms with Gasteiger partial charge in [0.25, 0.3) is 0 Å². The highest BCUT2D eigenvalue weighted by atomic mass is 16.3. The van der Waals surface area contributed by atoms with Crippen molar-refractivity contribution in [2.45, 2.75) is 32.9 Å². The van der Waals surface area contributed by atoms with Gasteiger partial charge in [0.15, 0.2) is 0 Å². The van der Waals surface area contributed by atoms with Crippen LogP contribution in [0, 0.1) is 0 Å². The summed E-state index contributed by atoms with van der Waals surface area (Å²) in [5.74, 6) is -0.0582. The van der Waals surface area contributed by atoms with Crippen LogP contribution >= 0.6 is 0 Å². The first kappa shape index (κ1) is 18.1. The Kier molecular flexibility index (Phi) is 5.65. The standard InChI is InChI=1S/C19H26N4O3/c1-3-8-20-19(25)21(4-2)13-17(24)23-11-10-22-9-5-6-16(22)18(23)15-7-12-26-14-15/h5-7,9,12,14,18H,3-4,8,10-11,13H2,1-2H3,(H,20,25). The van der Waals surface area contributed by atoms with Crippen molar-refractivity contribution >= 4 is 11.9 Å². The second kappa shape index (κ2) is 8.12. The fourth-order valence-corrected chi connectivity index (χ4v) is 3.36. The molecule has 0 aliphatic carbocycles. The average molecular weight is 358 g/mol. The summed E-state index contributed by atoms with van der Waals surface area (Å²) >= 11 is 0. The molecule has 7 nitrogen and oxygen atoms in total. The Bertz CT molecular complexity index is 738. The zero-order chi connectivity index (χ0) is 18.5. The van der Waals surface area contributed by atoms with E-state index in [-0.39, 0.29) is 24.5 Å². The summed E-state index contributed by atoms with van der Waals surface area (Å²) in [6, 6.07) is 5.53. The normalized spacial score (nSPS) is 16.2. The van der Waals surface area contributed by atoms with E-state index in [1.54, 1.807) is 17.4 Å². The molecule has 2 aromatic rings. The molecule has 1 N–H and O–H groups in total. The van der Waals surface area contributed by atoms with E-state index in [1.165, 1.54) is 0 Å². The van der Waals surface area contributed by atoms with Crippen molar-refractivity contribution in [3.8, 4) is 0 Å². The summed E-state index contributed by atoms with van der Waals surface area (Å²) in [6.45, 7) is 6.40. The molecule has 3 rings (SSSR count). The Morgan fingerprint density at radius 3 is 2.85 bits per heavy atom. The molecule has 26 heavy (non-hydrogen) atoms. The van der Waals surface area contributed by atoms with Crippen molar-refractivity contribution in [1.82, 2.24) is 19.7 Å². The minimum absolute atomic E-state index is 0.0582. The predicted molar refractivity (Wildman–Crippen MR) is 97.6 cm³/mol. The lowest BCUT2D eigenvalue weighted by Gasteiger charge is -2.37.